The lowest BCUT2D eigenvalue weighted by atomic mass is 10.0. The van der Waals surface area contributed by atoms with Gasteiger partial charge in [0.25, 0.3) is 0 Å². The van der Waals surface area contributed by atoms with Crippen LogP contribution in [0.5, 0.6) is 0 Å². The van der Waals surface area contributed by atoms with E-state index in [4.69, 9.17) is 16.3 Å². The van der Waals surface area contributed by atoms with Gasteiger partial charge in [0.2, 0.25) is 0 Å². The summed E-state index contributed by atoms with van der Waals surface area (Å²) in [4.78, 5) is 11.7. The van der Waals surface area contributed by atoms with Gasteiger partial charge in [-0.05, 0) is 13.3 Å². The molecule has 0 saturated heterocycles. The van der Waals surface area contributed by atoms with E-state index in [1.807, 2.05) is 37.3 Å². The van der Waals surface area contributed by atoms with Crippen molar-refractivity contribution in [1.82, 2.24) is 0 Å². The second-order valence-corrected chi connectivity index (χ2v) is 4.78. The molecular formula is C14H15ClO2. The zero-order chi connectivity index (χ0) is 12.3. The lowest BCUT2D eigenvalue weighted by Gasteiger charge is -2.23. The molecule has 0 fully saturated rings. The molecule has 90 valence electrons. The number of ether oxygens (including phenoxy) is 1. The highest BCUT2D eigenvalue weighted by molar-refractivity contribution is 6.21. The molecule has 0 saturated carbocycles. The number of benzene rings is 1. The molecule has 0 spiro atoms. The van der Waals surface area contributed by atoms with Crippen LogP contribution in [-0.2, 0) is 9.53 Å². The van der Waals surface area contributed by atoms with Crippen LogP contribution in [0.1, 0.15) is 25.3 Å². The van der Waals surface area contributed by atoms with E-state index in [2.05, 4.69) is 0 Å². The summed E-state index contributed by atoms with van der Waals surface area (Å²) >= 11 is 6.16. The van der Waals surface area contributed by atoms with Gasteiger partial charge in [0.1, 0.15) is 11.9 Å². The molecule has 0 radical (unpaired) electrons. The van der Waals surface area contributed by atoms with Crippen molar-refractivity contribution in [3.63, 3.8) is 0 Å². The fourth-order valence-electron chi connectivity index (χ4n) is 1.80. The first-order valence-electron chi connectivity index (χ1n) is 5.77. The van der Waals surface area contributed by atoms with E-state index in [0.717, 1.165) is 5.56 Å². The predicted molar refractivity (Wildman–Crippen MR) is 68.8 cm³/mol. The Morgan fingerprint density at radius 3 is 2.71 bits per heavy atom. The van der Waals surface area contributed by atoms with E-state index in [1.54, 1.807) is 6.08 Å². The molecule has 0 N–H and O–H groups in total. The molecule has 1 heterocycles. The van der Waals surface area contributed by atoms with Crippen LogP contribution in [0.3, 0.4) is 0 Å². The zero-order valence-electron chi connectivity index (χ0n) is 9.73. The highest BCUT2D eigenvalue weighted by Crippen LogP contribution is 2.25. The minimum atomic E-state index is -0.119. The van der Waals surface area contributed by atoms with Gasteiger partial charge in [0.15, 0.2) is 5.78 Å². The van der Waals surface area contributed by atoms with Crippen molar-refractivity contribution in [3.05, 3.63) is 42.0 Å². The molecular weight excluding hydrogens is 236 g/mol. The first-order chi connectivity index (χ1) is 8.16. The maximum Gasteiger partial charge on any atom is 0.159 e. The number of ketones is 1. The fraction of sp³-hybridized carbons (Fsp3) is 0.357. The first kappa shape index (κ1) is 12.2. The molecule has 1 aromatic carbocycles. The average Bonchev–Trinajstić information content (AvgIpc) is 2.34. The van der Waals surface area contributed by atoms with Gasteiger partial charge in [-0.1, -0.05) is 30.3 Å². The minimum absolute atomic E-state index is 0.0707. The van der Waals surface area contributed by atoms with Crippen molar-refractivity contribution in [3.8, 4) is 0 Å². The third kappa shape index (κ3) is 3.10. The third-order valence-corrected chi connectivity index (χ3v) is 3.41. The van der Waals surface area contributed by atoms with Gasteiger partial charge in [-0.3, -0.25) is 4.79 Å². The molecule has 2 rings (SSSR count). The number of carbonyl (C=O) groups excluding carboxylic acids is 1. The SMILES string of the molecule is C[C@H]1O/C(c2ccccc2)=C\C(=O)CC[C@H]1Cl. The number of carbonyl (C=O) groups is 1. The smallest absolute Gasteiger partial charge is 0.159 e. The molecule has 0 amide bonds. The van der Waals surface area contributed by atoms with Crippen molar-refractivity contribution >= 4 is 23.1 Å². The monoisotopic (exact) mass is 250 g/mol. The van der Waals surface area contributed by atoms with Crippen molar-refractivity contribution in [1.29, 1.82) is 0 Å². The van der Waals surface area contributed by atoms with Crippen molar-refractivity contribution in [2.24, 2.45) is 0 Å². The Morgan fingerprint density at radius 2 is 2.00 bits per heavy atom. The fourth-order valence-corrected chi connectivity index (χ4v) is 1.96. The minimum Gasteiger partial charge on any atom is -0.488 e. The van der Waals surface area contributed by atoms with Crippen LogP contribution in [0.2, 0.25) is 0 Å². The standard InChI is InChI=1S/C14H15ClO2/c1-10-13(15)8-7-12(16)9-14(17-10)11-5-3-2-4-6-11/h2-6,9-10,13H,7-8H2,1H3/b14-9-/t10-,13-/m1/s1. The molecule has 0 unspecified atom stereocenters. The van der Waals surface area contributed by atoms with Crippen LogP contribution in [0.4, 0.5) is 0 Å². The van der Waals surface area contributed by atoms with Gasteiger partial charge in [-0.2, -0.15) is 0 Å². The summed E-state index contributed by atoms with van der Waals surface area (Å²) in [5.74, 6) is 0.690. The lowest BCUT2D eigenvalue weighted by molar-refractivity contribution is -0.115. The molecule has 0 aliphatic carbocycles. The number of allylic oxidation sites excluding steroid dienone is 1. The Kier molecular flexibility index (Phi) is 3.85. The van der Waals surface area contributed by atoms with E-state index in [-0.39, 0.29) is 17.3 Å². The third-order valence-electron chi connectivity index (χ3n) is 2.84. The number of rotatable bonds is 1. The summed E-state index contributed by atoms with van der Waals surface area (Å²) in [6.07, 6.45) is 2.64. The van der Waals surface area contributed by atoms with Crippen molar-refractivity contribution in [2.75, 3.05) is 0 Å². The van der Waals surface area contributed by atoms with Crippen molar-refractivity contribution in [2.45, 2.75) is 31.2 Å². The summed E-state index contributed by atoms with van der Waals surface area (Å²) < 4.78 is 5.77. The second kappa shape index (κ2) is 5.37. The normalized spacial score (nSPS) is 28.6. The van der Waals surface area contributed by atoms with Gasteiger partial charge in [0, 0.05) is 18.1 Å². The van der Waals surface area contributed by atoms with E-state index in [9.17, 15) is 4.79 Å². The summed E-state index contributed by atoms with van der Waals surface area (Å²) in [6.45, 7) is 1.93. The Morgan fingerprint density at radius 1 is 1.29 bits per heavy atom. The van der Waals surface area contributed by atoms with Gasteiger partial charge < -0.3 is 4.74 Å². The molecule has 17 heavy (non-hydrogen) atoms. The van der Waals surface area contributed by atoms with Crippen LogP contribution >= 0.6 is 11.6 Å². The lowest BCUT2D eigenvalue weighted by Crippen LogP contribution is -2.23. The first-order valence-corrected chi connectivity index (χ1v) is 6.21. The Balaban J connectivity index is 2.30. The summed E-state index contributed by atoms with van der Waals surface area (Å²) in [7, 11) is 0. The molecule has 1 aromatic rings. The van der Waals surface area contributed by atoms with E-state index in [1.165, 1.54) is 0 Å². The van der Waals surface area contributed by atoms with Crippen LogP contribution in [-0.4, -0.2) is 17.3 Å². The van der Waals surface area contributed by atoms with Gasteiger partial charge in [-0.25, -0.2) is 0 Å². The van der Waals surface area contributed by atoms with E-state index < -0.39 is 0 Å². The van der Waals surface area contributed by atoms with Crippen LogP contribution in [0.25, 0.3) is 5.76 Å². The highest BCUT2D eigenvalue weighted by Gasteiger charge is 2.21. The van der Waals surface area contributed by atoms with E-state index >= 15 is 0 Å². The zero-order valence-corrected chi connectivity index (χ0v) is 10.5. The Bertz CT molecular complexity index is 425. The highest BCUT2D eigenvalue weighted by atomic mass is 35.5. The molecule has 1 aliphatic heterocycles. The molecule has 2 nitrogen and oxygen atoms in total. The molecule has 1 aliphatic rings. The van der Waals surface area contributed by atoms with Crippen molar-refractivity contribution < 1.29 is 9.53 Å². The maximum atomic E-state index is 11.7. The van der Waals surface area contributed by atoms with Gasteiger partial charge >= 0.3 is 0 Å². The quantitative estimate of drug-likeness (QED) is 0.714. The Labute approximate surface area is 106 Å². The van der Waals surface area contributed by atoms with Crippen LogP contribution in [0, 0.1) is 0 Å². The maximum absolute atomic E-state index is 11.7. The number of alkyl halides is 1. The molecule has 0 aromatic heterocycles. The largest absolute Gasteiger partial charge is 0.488 e. The average molecular weight is 251 g/mol. The molecule has 2 atom stereocenters. The summed E-state index contributed by atoms with van der Waals surface area (Å²) in [5, 5.41) is -0.119. The number of hydrogen-bond donors (Lipinski definition) is 0. The summed E-state index contributed by atoms with van der Waals surface area (Å²) in [5.41, 5.74) is 0.915. The van der Waals surface area contributed by atoms with Gasteiger partial charge in [0.05, 0.1) is 5.38 Å². The molecule has 3 heteroatoms. The topological polar surface area (TPSA) is 26.3 Å². The number of hydrogen-bond acceptors (Lipinski definition) is 2. The van der Waals surface area contributed by atoms with E-state index in [0.29, 0.717) is 18.6 Å². The van der Waals surface area contributed by atoms with Crippen LogP contribution in [0.15, 0.2) is 36.4 Å². The molecule has 0 bridgehead atoms. The second-order valence-electron chi connectivity index (χ2n) is 4.22. The predicted octanol–water partition coefficient (Wildman–Crippen LogP) is 3.40. The number of halogens is 1. The summed E-state index contributed by atoms with van der Waals surface area (Å²) in [6, 6.07) is 9.63. The Hall–Kier alpha value is -1.28. The van der Waals surface area contributed by atoms with Gasteiger partial charge in [-0.15, -0.1) is 11.6 Å². The van der Waals surface area contributed by atoms with Crippen LogP contribution < -0.4 is 0 Å².